The first-order valence-corrected chi connectivity index (χ1v) is 13.5. The minimum Gasteiger partial charge on any atom is -0.335 e. The summed E-state index contributed by atoms with van der Waals surface area (Å²) in [5.74, 6) is 6.74. The van der Waals surface area contributed by atoms with E-state index in [-0.39, 0.29) is 11.7 Å². The molecular formula is C26H20ClN7OS2. The molecule has 0 unspecified atom stereocenters. The summed E-state index contributed by atoms with van der Waals surface area (Å²) in [5, 5.41) is 16.8. The number of fused-ring (bicyclic) bond motifs is 2. The van der Waals surface area contributed by atoms with Crippen molar-refractivity contribution in [2.75, 3.05) is 16.5 Å². The number of anilines is 2. The summed E-state index contributed by atoms with van der Waals surface area (Å²) in [4.78, 5) is 17.2. The van der Waals surface area contributed by atoms with E-state index in [1.807, 2.05) is 79.7 Å². The quantitative estimate of drug-likeness (QED) is 0.208. The fourth-order valence-corrected chi connectivity index (χ4v) is 5.97. The average molecular weight is 546 g/mol. The zero-order valence-corrected chi connectivity index (χ0v) is 21.9. The molecule has 3 aromatic carbocycles. The fourth-order valence-electron chi connectivity index (χ4n) is 4.06. The van der Waals surface area contributed by atoms with Crippen molar-refractivity contribution in [3.05, 3.63) is 83.4 Å². The molecule has 184 valence electrons. The number of H-pyrrole nitrogens is 1. The highest BCUT2D eigenvalue weighted by Gasteiger charge is 2.29. The van der Waals surface area contributed by atoms with Crippen molar-refractivity contribution in [2.24, 2.45) is 0 Å². The summed E-state index contributed by atoms with van der Waals surface area (Å²) in [7, 11) is 0. The smallest absolute Gasteiger partial charge is 0.242 e. The largest absolute Gasteiger partial charge is 0.335 e. The molecule has 3 N–H and O–H groups in total. The molecule has 1 amide bonds. The summed E-state index contributed by atoms with van der Waals surface area (Å²) in [6.45, 7) is 2.04. The number of thioether (sulfide) groups is 1. The molecule has 6 rings (SSSR count). The summed E-state index contributed by atoms with van der Waals surface area (Å²) in [6.07, 6.45) is 0. The molecule has 11 heteroatoms. The van der Waals surface area contributed by atoms with E-state index in [1.165, 1.54) is 22.0 Å². The highest BCUT2D eigenvalue weighted by molar-refractivity contribution is 8.00. The topological polar surface area (TPSA) is 106 Å². The van der Waals surface area contributed by atoms with Crippen LogP contribution < -0.4 is 10.7 Å². The maximum atomic E-state index is 13.5. The normalized spacial score (nSPS) is 12.3. The number of nitrogen functional groups attached to an aromatic ring is 1. The van der Waals surface area contributed by atoms with Gasteiger partial charge in [-0.15, -0.1) is 10.2 Å². The molecule has 1 aliphatic heterocycles. The number of amides is 1. The monoisotopic (exact) mass is 545 g/mol. The Bertz CT molecular complexity index is 1630. The van der Waals surface area contributed by atoms with E-state index in [9.17, 15) is 4.79 Å². The van der Waals surface area contributed by atoms with Crippen LogP contribution in [0.5, 0.6) is 0 Å². The van der Waals surface area contributed by atoms with Gasteiger partial charge in [0.25, 0.3) is 0 Å². The van der Waals surface area contributed by atoms with Crippen molar-refractivity contribution in [3.63, 3.8) is 0 Å². The van der Waals surface area contributed by atoms with Crippen LogP contribution in [0.4, 0.5) is 11.4 Å². The van der Waals surface area contributed by atoms with Crippen LogP contribution in [-0.4, -0.2) is 36.7 Å². The van der Waals surface area contributed by atoms with Crippen molar-refractivity contribution < 1.29 is 4.79 Å². The van der Waals surface area contributed by atoms with Crippen LogP contribution in [-0.2, 0) is 4.79 Å². The first-order valence-electron chi connectivity index (χ1n) is 11.3. The molecule has 5 aromatic rings. The van der Waals surface area contributed by atoms with Crippen molar-refractivity contribution in [1.29, 1.82) is 0 Å². The van der Waals surface area contributed by atoms with Gasteiger partial charge in [0.2, 0.25) is 16.9 Å². The van der Waals surface area contributed by atoms with E-state index >= 15 is 0 Å². The number of benzene rings is 3. The highest BCUT2D eigenvalue weighted by atomic mass is 35.5. The van der Waals surface area contributed by atoms with Crippen molar-refractivity contribution in [2.45, 2.75) is 21.9 Å². The van der Waals surface area contributed by atoms with Gasteiger partial charge in [-0.1, -0.05) is 77.1 Å². The van der Waals surface area contributed by atoms with Crippen LogP contribution in [0.25, 0.3) is 22.8 Å². The molecule has 0 atom stereocenters. The lowest BCUT2D eigenvalue weighted by Gasteiger charge is -2.31. The Labute approximate surface area is 226 Å². The number of aryl methyl sites for hydroxylation is 1. The van der Waals surface area contributed by atoms with E-state index in [0.717, 1.165) is 32.4 Å². The fraction of sp³-hybridized carbons (Fsp3) is 0.0769. The van der Waals surface area contributed by atoms with Crippen molar-refractivity contribution >= 4 is 52.4 Å². The highest BCUT2D eigenvalue weighted by Crippen LogP contribution is 2.49. The Balaban J connectivity index is 1.23. The van der Waals surface area contributed by atoms with Crippen LogP contribution >= 0.6 is 35.1 Å². The van der Waals surface area contributed by atoms with Gasteiger partial charge in [0, 0.05) is 20.4 Å². The van der Waals surface area contributed by atoms with Gasteiger partial charge >= 0.3 is 0 Å². The number of rotatable bonds is 5. The number of halogens is 1. The van der Waals surface area contributed by atoms with E-state index in [1.54, 1.807) is 16.7 Å². The standard InChI is InChI=1S/C26H20ClN7OS2/c1-15-6-8-16(9-7-15)18-13-19(30-29-18)25-31-32-26(34(25)28)36-14-24(35)33-20-4-2-3-5-22(20)37-23-11-10-17(27)12-21(23)33/h2-13H,14,28H2,1H3,(H,29,30). The number of hydrogen-bond acceptors (Lipinski definition) is 7. The molecule has 37 heavy (non-hydrogen) atoms. The lowest BCUT2D eigenvalue weighted by Crippen LogP contribution is -2.30. The number of hydrogen-bond donors (Lipinski definition) is 2. The van der Waals surface area contributed by atoms with E-state index < -0.39 is 0 Å². The molecule has 8 nitrogen and oxygen atoms in total. The zero-order chi connectivity index (χ0) is 25.5. The lowest BCUT2D eigenvalue weighted by molar-refractivity contribution is -0.115. The van der Waals surface area contributed by atoms with Crippen LogP contribution in [0.3, 0.4) is 0 Å². The second kappa shape index (κ2) is 9.62. The second-order valence-corrected chi connectivity index (χ2v) is 10.9. The Morgan fingerprint density at radius 1 is 1.03 bits per heavy atom. The van der Waals surface area contributed by atoms with Gasteiger partial charge in [-0.3, -0.25) is 14.8 Å². The third-order valence-electron chi connectivity index (χ3n) is 5.89. The molecule has 0 aliphatic carbocycles. The summed E-state index contributed by atoms with van der Waals surface area (Å²) in [5.41, 5.74) is 5.16. The van der Waals surface area contributed by atoms with Crippen LogP contribution in [0, 0.1) is 6.92 Å². The minimum absolute atomic E-state index is 0.109. The van der Waals surface area contributed by atoms with Gasteiger partial charge < -0.3 is 5.84 Å². The summed E-state index contributed by atoms with van der Waals surface area (Å²) in [6, 6.07) is 23.4. The number of nitrogens with one attached hydrogen (secondary N) is 1. The molecular weight excluding hydrogens is 526 g/mol. The number of aromatic nitrogens is 5. The van der Waals surface area contributed by atoms with Gasteiger partial charge in [0.1, 0.15) is 5.69 Å². The molecule has 2 aromatic heterocycles. The molecule has 1 aliphatic rings. The van der Waals surface area contributed by atoms with Gasteiger partial charge in [-0.05, 0) is 43.3 Å². The van der Waals surface area contributed by atoms with E-state index in [4.69, 9.17) is 17.4 Å². The predicted molar refractivity (Wildman–Crippen MR) is 148 cm³/mol. The average Bonchev–Trinajstić information content (AvgIpc) is 3.53. The van der Waals surface area contributed by atoms with E-state index in [2.05, 4.69) is 20.4 Å². The molecule has 3 heterocycles. The maximum Gasteiger partial charge on any atom is 0.242 e. The van der Waals surface area contributed by atoms with Crippen molar-refractivity contribution in [1.82, 2.24) is 25.1 Å². The number of nitrogens with two attached hydrogens (primary N) is 1. The number of aromatic amines is 1. The second-order valence-electron chi connectivity index (χ2n) is 8.41. The SMILES string of the molecule is Cc1ccc(-c2cc(-c3nnc(SCC(=O)N4c5ccccc5Sc5ccc(Cl)cc54)n3N)[nH]n2)cc1. The number of carbonyl (C=O) groups excluding carboxylic acids is 1. The first kappa shape index (κ1) is 23.7. The molecule has 0 fully saturated rings. The van der Waals surface area contributed by atoms with Gasteiger partial charge in [-0.2, -0.15) is 5.10 Å². The third kappa shape index (κ3) is 4.48. The number of para-hydroxylation sites is 1. The molecule has 0 spiro atoms. The van der Waals surface area contributed by atoms with E-state index in [0.29, 0.717) is 21.7 Å². The predicted octanol–water partition coefficient (Wildman–Crippen LogP) is 5.93. The van der Waals surface area contributed by atoms with Gasteiger partial charge in [0.05, 0.1) is 22.8 Å². The van der Waals surface area contributed by atoms with Crippen LogP contribution in [0.2, 0.25) is 5.02 Å². The molecule has 0 saturated heterocycles. The Hall–Kier alpha value is -3.73. The van der Waals surface area contributed by atoms with Crippen LogP contribution in [0.15, 0.2) is 87.7 Å². The van der Waals surface area contributed by atoms with Gasteiger partial charge in [0.15, 0.2) is 0 Å². The maximum absolute atomic E-state index is 13.5. The number of nitrogens with zero attached hydrogens (tertiary/aromatic N) is 5. The lowest BCUT2D eigenvalue weighted by atomic mass is 10.1. The molecule has 0 radical (unpaired) electrons. The summed E-state index contributed by atoms with van der Waals surface area (Å²) < 4.78 is 1.37. The molecule has 0 saturated carbocycles. The Kier molecular flexibility index (Phi) is 6.15. The van der Waals surface area contributed by atoms with Crippen molar-refractivity contribution in [3.8, 4) is 22.8 Å². The third-order valence-corrected chi connectivity index (χ3v) is 8.19. The number of carbonyl (C=O) groups is 1. The Morgan fingerprint density at radius 3 is 2.65 bits per heavy atom. The zero-order valence-electron chi connectivity index (χ0n) is 19.6. The summed E-state index contributed by atoms with van der Waals surface area (Å²) >= 11 is 9.12. The van der Waals surface area contributed by atoms with Crippen LogP contribution in [0.1, 0.15) is 5.56 Å². The minimum atomic E-state index is -0.117. The Morgan fingerprint density at radius 2 is 1.81 bits per heavy atom. The molecule has 0 bridgehead atoms. The first-order chi connectivity index (χ1) is 18.0. The van der Waals surface area contributed by atoms with Gasteiger partial charge in [-0.25, -0.2) is 4.68 Å².